The first-order valence-electron chi connectivity index (χ1n) is 9.47. The number of carbonyl (C=O) groups is 2. The Labute approximate surface area is 159 Å². The summed E-state index contributed by atoms with van der Waals surface area (Å²) >= 11 is 0. The van der Waals surface area contributed by atoms with Crippen LogP contribution in [0, 0.1) is 6.92 Å². The summed E-state index contributed by atoms with van der Waals surface area (Å²) in [6, 6.07) is 11.2. The minimum absolute atomic E-state index is 0.144. The predicted molar refractivity (Wildman–Crippen MR) is 103 cm³/mol. The molecule has 1 aromatic carbocycles. The van der Waals surface area contributed by atoms with Gasteiger partial charge in [-0.25, -0.2) is 0 Å². The molecular weight excluding hydrogens is 342 g/mol. The predicted octanol–water partition coefficient (Wildman–Crippen LogP) is 2.66. The third kappa shape index (κ3) is 4.98. The summed E-state index contributed by atoms with van der Waals surface area (Å²) in [5.41, 5.74) is 2.42. The molecule has 6 heteroatoms. The Morgan fingerprint density at radius 3 is 2.48 bits per heavy atom. The third-order valence-corrected chi connectivity index (χ3v) is 5.00. The van der Waals surface area contributed by atoms with E-state index < -0.39 is 11.9 Å². The van der Waals surface area contributed by atoms with E-state index in [4.69, 9.17) is 4.42 Å². The summed E-state index contributed by atoms with van der Waals surface area (Å²) in [7, 11) is 0. The van der Waals surface area contributed by atoms with E-state index >= 15 is 0 Å². The highest BCUT2D eigenvalue weighted by molar-refractivity contribution is 5.95. The van der Waals surface area contributed by atoms with E-state index in [1.54, 1.807) is 19.1 Å². The molecule has 6 nitrogen and oxygen atoms in total. The van der Waals surface area contributed by atoms with Crippen molar-refractivity contribution in [1.29, 1.82) is 0 Å². The number of nitrogens with zero attached hydrogens (tertiary/aromatic N) is 1. The van der Waals surface area contributed by atoms with Gasteiger partial charge in [0.2, 0.25) is 5.91 Å². The van der Waals surface area contributed by atoms with Crippen LogP contribution in [0.4, 0.5) is 0 Å². The van der Waals surface area contributed by atoms with Crippen molar-refractivity contribution >= 4 is 11.8 Å². The second-order valence-corrected chi connectivity index (χ2v) is 7.09. The first kappa shape index (κ1) is 19.2. The topological polar surface area (TPSA) is 74.6 Å². The number of likely N-dealkylation sites (tertiary alicyclic amines) is 1. The number of aryl methyl sites for hydroxylation is 1. The second kappa shape index (κ2) is 8.86. The molecule has 0 radical (unpaired) electrons. The third-order valence-electron chi connectivity index (χ3n) is 5.00. The molecule has 1 aromatic heterocycles. The SMILES string of the molecule is Cc1ccc([C@@H](CNC(=O)[C@H](C)NC(=O)c2ccco2)N2CCCC2)cc1. The van der Waals surface area contributed by atoms with Crippen LogP contribution in [0.2, 0.25) is 0 Å². The number of hydrogen-bond acceptors (Lipinski definition) is 4. The summed E-state index contributed by atoms with van der Waals surface area (Å²) < 4.78 is 5.06. The van der Waals surface area contributed by atoms with Gasteiger partial charge in [0.15, 0.2) is 5.76 Å². The molecule has 1 aliphatic rings. The summed E-state index contributed by atoms with van der Waals surface area (Å²) in [6.07, 6.45) is 3.81. The number of hydrogen-bond donors (Lipinski definition) is 2. The van der Waals surface area contributed by atoms with Crippen molar-refractivity contribution in [2.24, 2.45) is 0 Å². The Morgan fingerprint density at radius 2 is 1.85 bits per heavy atom. The van der Waals surface area contributed by atoms with E-state index in [1.807, 2.05) is 0 Å². The highest BCUT2D eigenvalue weighted by Crippen LogP contribution is 2.24. The van der Waals surface area contributed by atoms with E-state index in [0.717, 1.165) is 13.1 Å². The molecule has 0 spiro atoms. The van der Waals surface area contributed by atoms with Crippen LogP contribution in [0.25, 0.3) is 0 Å². The van der Waals surface area contributed by atoms with Crippen molar-refractivity contribution in [3.8, 4) is 0 Å². The fraction of sp³-hybridized carbons (Fsp3) is 0.429. The number of benzene rings is 1. The molecular formula is C21H27N3O3. The van der Waals surface area contributed by atoms with Crippen LogP contribution in [0.1, 0.15) is 47.5 Å². The van der Waals surface area contributed by atoms with Crippen molar-refractivity contribution < 1.29 is 14.0 Å². The molecule has 2 aromatic rings. The molecule has 3 rings (SSSR count). The van der Waals surface area contributed by atoms with Crippen molar-refractivity contribution in [2.45, 2.75) is 38.8 Å². The van der Waals surface area contributed by atoms with Gasteiger partial charge in [-0.15, -0.1) is 0 Å². The molecule has 1 aliphatic heterocycles. The molecule has 2 amide bonds. The fourth-order valence-electron chi connectivity index (χ4n) is 3.39. The zero-order valence-corrected chi connectivity index (χ0v) is 15.9. The van der Waals surface area contributed by atoms with Crippen LogP contribution in [-0.2, 0) is 4.79 Å². The Morgan fingerprint density at radius 1 is 1.15 bits per heavy atom. The normalized spacial score (nSPS) is 16.7. The first-order valence-corrected chi connectivity index (χ1v) is 9.47. The summed E-state index contributed by atoms with van der Waals surface area (Å²) in [6.45, 7) is 6.34. The highest BCUT2D eigenvalue weighted by atomic mass is 16.3. The highest BCUT2D eigenvalue weighted by Gasteiger charge is 2.25. The average Bonchev–Trinajstić information content (AvgIpc) is 3.37. The number of nitrogens with one attached hydrogen (secondary N) is 2. The van der Waals surface area contributed by atoms with Gasteiger partial charge >= 0.3 is 0 Å². The molecule has 0 unspecified atom stereocenters. The van der Waals surface area contributed by atoms with Gasteiger partial charge in [-0.1, -0.05) is 29.8 Å². The Kier molecular flexibility index (Phi) is 6.29. The Bertz CT molecular complexity index is 749. The van der Waals surface area contributed by atoms with Crippen molar-refractivity contribution in [3.63, 3.8) is 0 Å². The summed E-state index contributed by atoms with van der Waals surface area (Å²) in [5, 5.41) is 5.66. The lowest BCUT2D eigenvalue weighted by atomic mass is 10.0. The molecule has 0 aliphatic carbocycles. The zero-order valence-electron chi connectivity index (χ0n) is 15.9. The quantitative estimate of drug-likeness (QED) is 0.787. The molecule has 144 valence electrons. The molecule has 1 saturated heterocycles. The largest absolute Gasteiger partial charge is 0.459 e. The lowest BCUT2D eigenvalue weighted by molar-refractivity contribution is -0.122. The van der Waals surface area contributed by atoms with Crippen molar-refractivity contribution in [3.05, 3.63) is 59.5 Å². The van der Waals surface area contributed by atoms with Crippen LogP contribution >= 0.6 is 0 Å². The lowest BCUT2D eigenvalue weighted by Gasteiger charge is -2.29. The monoisotopic (exact) mass is 369 g/mol. The second-order valence-electron chi connectivity index (χ2n) is 7.09. The van der Waals surface area contributed by atoms with Gasteiger partial charge in [-0.3, -0.25) is 14.5 Å². The average molecular weight is 369 g/mol. The molecule has 2 heterocycles. The maximum Gasteiger partial charge on any atom is 0.287 e. The van der Waals surface area contributed by atoms with Crippen LogP contribution in [0.3, 0.4) is 0 Å². The number of rotatable bonds is 7. The maximum absolute atomic E-state index is 12.5. The Hall–Kier alpha value is -2.60. The van der Waals surface area contributed by atoms with Crippen LogP contribution in [0.5, 0.6) is 0 Å². The van der Waals surface area contributed by atoms with Gasteiger partial charge in [0.1, 0.15) is 6.04 Å². The lowest BCUT2D eigenvalue weighted by Crippen LogP contribution is -2.47. The fourth-order valence-corrected chi connectivity index (χ4v) is 3.39. The first-order chi connectivity index (χ1) is 13.0. The molecule has 2 atom stereocenters. The smallest absolute Gasteiger partial charge is 0.287 e. The number of amides is 2. The van der Waals surface area contributed by atoms with E-state index in [9.17, 15) is 9.59 Å². The molecule has 0 bridgehead atoms. The maximum atomic E-state index is 12.5. The molecule has 27 heavy (non-hydrogen) atoms. The van der Waals surface area contributed by atoms with E-state index in [1.165, 1.54) is 30.2 Å². The van der Waals surface area contributed by atoms with Gasteiger partial charge in [0, 0.05) is 6.54 Å². The Balaban J connectivity index is 1.59. The van der Waals surface area contributed by atoms with Crippen LogP contribution < -0.4 is 10.6 Å². The van der Waals surface area contributed by atoms with Gasteiger partial charge in [-0.05, 0) is 57.5 Å². The van der Waals surface area contributed by atoms with Gasteiger partial charge in [-0.2, -0.15) is 0 Å². The minimum atomic E-state index is -0.639. The van der Waals surface area contributed by atoms with Crippen LogP contribution in [-0.4, -0.2) is 42.4 Å². The summed E-state index contributed by atoms with van der Waals surface area (Å²) in [4.78, 5) is 26.9. The van der Waals surface area contributed by atoms with Crippen LogP contribution in [0.15, 0.2) is 47.1 Å². The van der Waals surface area contributed by atoms with E-state index in [0.29, 0.717) is 6.54 Å². The standard InChI is InChI=1S/C21H27N3O3/c1-15-7-9-17(10-8-15)18(24-11-3-4-12-24)14-22-20(25)16(2)23-21(26)19-6-5-13-27-19/h5-10,13,16,18H,3-4,11-12,14H2,1-2H3,(H,22,25)(H,23,26)/t16-,18+/m0/s1. The van der Waals surface area contributed by atoms with E-state index in [2.05, 4.69) is 46.7 Å². The molecule has 2 N–H and O–H groups in total. The van der Waals surface area contributed by atoms with Gasteiger partial charge in [0.25, 0.3) is 5.91 Å². The minimum Gasteiger partial charge on any atom is -0.459 e. The molecule has 1 fully saturated rings. The van der Waals surface area contributed by atoms with Crippen molar-refractivity contribution in [1.82, 2.24) is 15.5 Å². The van der Waals surface area contributed by atoms with Gasteiger partial charge in [0.05, 0.1) is 12.3 Å². The molecule has 0 saturated carbocycles. The van der Waals surface area contributed by atoms with Gasteiger partial charge < -0.3 is 15.1 Å². The van der Waals surface area contributed by atoms with E-state index in [-0.39, 0.29) is 17.7 Å². The number of furan rings is 1. The zero-order chi connectivity index (χ0) is 19.2. The number of carbonyl (C=O) groups excluding carboxylic acids is 2. The summed E-state index contributed by atoms with van der Waals surface area (Å²) in [5.74, 6) is -0.396. The van der Waals surface area contributed by atoms with Crippen molar-refractivity contribution in [2.75, 3.05) is 19.6 Å².